The van der Waals surface area contributed by atoms with Crippen molar-refractivity contribution in [2.75, 3.05) is 45.8 Å². The van der Waals surface area contributed by atoms with Crippen molar-refractivity contribution in [2.45, 2.75) is 26.2 Å². The second-order valence-electron chi connectivity index (χ2n) is 7.48. The minimum absolute atomic E-state index is 0.122. The van der Waals surface area contributed by atoms with Crippen molar-refractivity contribution in [3.8, 4) is 0 Å². The summed E-state index contributed by atoms with van der Waals surface area (Å²) >= 11 is 6.01. The number of hydrogen-bond donors (Lipinski definition) is 2. The predicted octanol–water partition coefficient (Wildman–Crippen LogP) is 1.52. The summed E-state index contributed by atoms with van der Waals surface area (Å²) in [6.07, 6.45) is 2.39. The smallest absolute Gasteiger partial charge is 0.227 e. The van der Waals surface area contributed by atoms with E-state index >= 15 is 0 Å². The van der Waals surface area contributed by atoms with Crippen molar-refractivity contribution >= 4 is 29.4 Å². The summed E-state index contributed by atoms with van der Waals surface area (Å²) in [6.45, 7) is 6.74. The molecule has 158 valence electrons. The number of aliphatic imine (C=N–C) groups is 1. The monoisotopic (exact) mass is 419 g/mol. The first kappa shape index (κ1) is 21.4. The maximum atomic E-state index is 12.6. The van der Waals surface area contributed by atoms with Gasteiger partial charge in [0.05, 0.1) is 13.0 Å². The van der Waals surface area contributed by atoms with Crippen molar-refractivity contribution in [1.29, 1.82) is 0 Å². The summed E-state index contributed by atoms with van der Waals surface area (Å²) in [4.78, 5) is 33.0. The Morgan fingerprint density at radius 1 is 1.14 bits per heavy atom. The predicted molar refractivity (Wildman–Crippen MR) is 115 cm³/mol. The van der Waals surface area contributed by atoms with Gasteiger partial charge < -0.3 is 20.4 Å². The Hall–Kier alpha value is -2.28. The minimum Gasteiger partial charge on any atom is -0.357 e. The molecule has 2 aliphatic rings. The summed E-state index contributed by atoms with van der Waals surface area (Å²) in [7, 11) is 0. The van der Waals surface area contributed by atoms with Gasteiger partial charge in [-0.15, -0.1) is 0 Å². The lowest BCUT2D eigenvalue weighted by atomic mass is 10.1. The van der Waals surface area contributed by atoms with Gasteiger partial charge in [0.25, 0.3) is 0 Å². The van der Waals surface area contributed by atoms with Crippen LogP contribution >= 0.6 is 11.6 Å². The number of amides is 2. The molecule has 2 N–H and O–H groups in total. The van der Waals surface area contributed by atoms with Crippen LogP contribution in [0.3, 0.4) is 0 Å². The van der Waals surface area contributed by atoms with Crippen LogP contribution in [0.5, 0.6) is 0 Å². The molecule has 1 heterocycles. The third kappa shape index (κ3) is 6.63. The highest BCUT2D eigenvalue weighted by molar-refractivity contribution is 6.30. The van der Waals surface area contributed by atoms with Gasteiger partial charge in [0.15, 0.2) is 5.96 Å². The van der Waals surface area contributed by atoms with Gasteiger partial charge in [-0.1, -0.05) is 23.7 Å². The molecule has 1 aromatic rings. The molecule has 0 aromatic heterocycles. The van der Waals surface area contributed by atoms with Crippen LogP contribution < -0.4 is 10.6 Å². The minimum atomic E-state index is 0.122. The van der Waals surface area contributed by atoms with Crippen LogP contribution in [0.4, 0.5) is 0 Å². The van der Waals surface area contributed by atoms with E-state index in [1.165, 1.54) is 0 Å². The largest absolute Gasteiger partial charge is 0.357 e. The van der Waals surface area contributed by atoms with Crippen molar-refractivity contribution in [1.82, 2.24) is 20.4 Å². The second-order valence-corrected chi connectivity index (χ2v) is 7.91. The Morgan fingerprint density at radius 3 is 2.52 bits per heavy atom. The van der Waals surface area contributed by atoms with Gasteiger partial charge in [-0.25, -0.2) is 0 Å². The lowest BCUT2D eigenvalue weighted by molar-refractivity contribution is -0.131. The average Bonchev–Trinajstić information content (AvgIpc) is 3.56. The van der Waals surface area contributed by atoms with Crippen molar-refractivity contribution in [3.63, 3.8) is 0 Å². The highest BCUT2D eigenvalue weighted by Crippen LogP contribution is 2.28. The molecular weight excluding hydrogens is 390 g/mol. The SMILES string of the molecule is CCNC(=NCCNC(=O)C1CC1)N1CCN(C(=O)Cc2cccc(Cl)c2)CC1. The maximum absolute atomic E-state index is 12.6. The molecule has 0 bridgehead atoms. The molecule has 3 rings (SSSR count). The summed E-state index contributed by atoms with van der Waals surface area (Å²) in [5, 5.41) is 6.90. The number of hydrogen-bond acceptors (Lipinski definition) is 3. The van der Waals surface area contributed by atoms with Crippen molar-refractivity contribution < 1.29 is 9.59 Å². The first-order valence-electron chi connectivity index (χ1n) is 10.4. The average molecular weight is 420 g/mol. The molecule has 0 radical (unpaired) electrons. The molecule has 2 amide bonds. The molecule has 1 aliphatic heterocycles. The highest BCUT2D eigenvalue weighted by Gasteiger charge is 2.29. The lowest BCUT2D eigenvalue weighted by Crippen LogP contribution is -2.54. The topological polar surface area (TPSA) is 77.0 Å². The summed E-state index contributed by atoms with van der Waals surface area (Å²) in [5.74, 6) is 1.34. The standard InChI is InChI=1S/C21H30ClN5O2/c1-2-23-21(25-9-8-24-20(29)17-6-7-17)27-12-10-26(11-13-27)19(28)15-16-4-3-5-18(22)14-16/h3-5,14,17H,2,6-13,15H2,1H3,(H,23,25)(H,24,29). The number of carbonyl (C=O) groups excluding carboxylic acids is 2. The Bertz CT molecular complexity index is 742. The van der Waals surface area contributed by atoms with Crippen LogP contribution in [-0.4, -0.2) is 73.4 Å². The first-order valence-corrected chi connectivity index (χ1v) is 10.8. The van der Waals surface area contributed by atoms with Crippen LogP contribution in [-0.2, 0) is 16.0 Å². The fourth-order valence-corrected chi connectivity index (χ4v) is 3.57. The molecule has 1 saturated carbocycles. The molecule has 0 spiro atoms. The first-order chi connectivity index (χ1) is 14.1. The van der Waals surface area contributed by atoms with Gasteiger partial charge in [0.2, 0.25) is 11.8 Å². The van der Waals surface area contributed by atoms with Gasteiger partial charge in [-0.05, 0) is 37.5 Å². The zero-order chi connectivity index (χ0) is 20.6. The van der Waals surface area contributed by atoms with Crippen LogP contribution in [0.15, 0.2) is 29.3 Å². The van der Waals surface area contributed by atoms with E-state index < -0.39 is 0 Å². The fourth-order valence-electron chi connectivity index (χ4n) is 3.36. The third-order valence-electron chi connectivity index (χ3n) is 5.13. The van der Waals surface area contributed by atoms with E-state index in [-0.39, 0.29) is 17.7 Å². The van der Waals surface area contributed by atoms with E-state index in [1.807, 2.05) is 36.1 Å². The molecule has 0 atom stereocenters. The zero-order valence-electron chi connectivity index (χ0n) is 17.0. The summed E-state index contributed by atoms with van der Waals surface area (Å²) in [5.41, 5.74) is 0.938. The number of nitrogens with one attached hydrogen (secondary N) is 2. The molecule has 29 heavy (non-hydrogen) atoms. The van der Waals surface area contributed by atoms with Crippen LogP contribution in [0.2, 0.25) is 5.02 Å². The quantitative estimate of drug-likeness (QED) is 0.399. The Kier molecular flexibility index (Phi) is 7.75. The number of rotatable bonds is 7. The van der Waals surface area contributed by atoms with Gasteiger partial charge >= 0.3 is 0 Å². The van der Waals surface area contributed by atoms with Crippen LogP contribution in [0, 0.1) is 5.92 Å². The molecule has 0 unspecified atom stereocenters. The van der Waals surface area contributed by atoms with Crippen LogP contribution in [0.1, 0.15) is 25.3 Å². The van der Waals surface area contributed by atoms with E-state index in [2.05, 4.69) is 20.5 Å². The van der Waals surface area contributed by atoms with Gasteiger partial charge in [0.1, 0.15) is 0 Å². The van der Waals surface area contributed by atoms with E-state index in [4.69, 9.17) is 11.6 Å². The number of nitrogens with zero attached hydrogens (tertiary/aromatic N) is 3. The summed E-state index contributed by atoms with van der Waals surface area (Å²) < 4.78 is 0. The van der Waals surface area contributed by atoms with E-state index in [0.29, 0.717) is 37.6 Å². The van der Waals surface area contributed by atoms with Gasteiger partial charge in [-0.2, -0.15) is 0 Å². The Labute approximate surface area is 177 Å². The molecule has 1 aliphatic carbocycles. The fraction of sp³-hybridized carbons (Fsp3) is 0.571. The molecule has 1 saturated heterocycles. The molecule has 1 aromatic carbocycles. The molecule has 7 nitrogen and oxygen atoms in total. The van der Waals surface area contributed by atoms with Crippen molar-refractivity contribution in [3.05, 3.63) is 34.9 Å². The van der Waals surface area contributed by atoms with Crippen LogP contribution in [0.25, 0.3) is 0 Å². The lowest BCUT2D eigenvalue weighted by Gasteiger charge is -2.36. The summed E-state index contributed by atoms with van der Waals surface area (Å²) in [6, 6.07) is 7.45. The number of guanidine groups is 1. The molecule has 2 fully saturated rings. The second kappa shape index (κ2) is 10.5. The van der Waals surface area contributed by atoms with Crippen molar-refractivity contribution in [2.24, 2.45) is 10.9 Å². The number of benzene rings is 1. The maximum Gasteiger partial charge on any atom is 0.227 e. The van der Waals surface area contributed by atoms with Gasteiger partial charge in [0, 0.05) is 50.2 Å². The normalized spacial score (nSPS) is 17.2. The number of halogens is 1. The van der Waals surface area contributed by atoms with E-state index in [1.54, 1.807) is 0 Å². The van der Waals surface area contributed by atoms with E-state index in [9.17, 15) is 9.59 Å². The highest BCUT2D eigenvalue weighted by atomic mass is 35.5. The van der Waals surface area contributed by atoms with Gasteiger partial charge in [-0.3, -0.25) is 14.6 Å². The zero-order valence-corrected chi connectivity index (χ0v) is 17.7. The number of piperazine rings is 1. The number of carbonyl (C=O) groups is 2. The third-order valence-corrected chi connectivity index (χ3v) is 5.37. The van der Waals surface area contributed by atoms with E-state index in [0.717, 1.165) is 44.0 Å². The Morgan fingerprint density at radius 2 is 1.86 bits per heavy atom. The Balaban J connectivity index is 1.45. The molecular formula is C21H30ClN5O2. The molecule has 8 heteroatoms.